The Morgan fingerprint density at radius 3 is 0.946 bits per heavy atom. The summed E-state index contributed by atoms with van der Waals surface area (Å²) in [5.41, 5.74) is 11.1. The molecule has 0 unspecified atom stereocenters. The maximum absolute atomic E-state index is 5.69. The van der Waals surface area contributed by atoms with Gasteiger partial charge in [-0.05, 0) is 117 Å². The second-order valence-corrected chi connectivity index (χ2v) is 17.9. The van der Waals surface area contributed by atoms with E-state index in [-0.39, 0.29) is 0 Å². The molecule has 2 aliphatic carbocycles. The van der Waals surface area contributed by atoms with Crippen LogP contribution in [0.3, 0.4) is 0 Å². The lowest BCUT2D eigenvalue weighted by atomic mass is 9.67. The molecule has 2 aliphatic rings. The lowest BCUT2D eigenvalue weighted by Crippen LogP contribution is -2.29. The summed E-state index contributed by atoms with van der Waals surface area (Å²) in [7, 11) is 6.88. The van der Waals surface area contributed by atoms with Crippen LogP contribution < -0.4 is 18.9 Å². The van der Waals surface area contributed by atoms with Crippen molar-refractivity contribution in [1.82, 2.24) is 0 Å². The van der Waals surface area contributed by atoms with Crippen LogP contribution in [-0.2, 0) is 10.8 Å². The molecule has 0 amide bonds. The fourth-order valence-electron chi connectivity index (χ4n) is 9.21. The Hall–Kier alpha value is -4.86. The van der Waals surface area contributed by atoms with Crippen LogP contribution in [0.5, 0.6) is 23.0 Å². The predicted molar refractivity (Wildman–Crippen MR) is 236 cm³/mol. The molecule has 8 heteroatoms. The van der Waals surface area contributed by atoms with Gasteiger partial charge in [0.1, 0.15) is 23.0 Å². The van der Waals surface area contributed by atoms with Crippen molar-refractivity contribution in [3.63, 3.8) is 0 Å². The summed E-state index contributed by atoms with van der Waals surface area (Å²) in [5.74, 6) is 3.29. The van der Waals surface area contributed by atoms with Crippen molar-refractivity contribution in [2.75, 3.05) is 28.4 Å². The summed E-state index contributed by atoms with van der Waals surface area (Å²) in [5, 5.41) is 0. The van der Waals surface area contributed by atoms with Crippen LogP contribution in [0.25, 0.3) is 30.3 Å². The summed E-state index contributed by atoms with van der Waals surface area (Å²) in [6.07, 6.45) is 0. The second-order valence-electron chi connectivity index (χ2n) is 14.1. The molecule has 0 aliphatic heterocycles. The Bertz CT molecular complexity index is 2510. The summed E-state index contributed by atoms with van der Waals surface area (Å²) >= 11 is 11.6. The molecule has 10 rings (SSSR count). The molecule has 0 saturated carbocycles. The third-order valence-electron chi connectivity index (χ3n) is 11.6. The van der Waals surface area contributed by atoms with Gasteiger partial charge in [-0.25, -0.2) is 0 Å². The predicted octanol–water partition coefficient (Wildman–Crippen LogP) is 13.2. The molecule has 0 radical (unpaired) electrons. The fraction of sp³-hybridized carbons (Fsp3) is 0.125. The lowest BCUT2D eigenvalue weighted by molar-refractivity contribution is 0.414. The van der Waals surface area contributed by atoms with Crippen molar-refractivity contribution >= 4 is 63.9 Å². The topological polar surface area (TPSA) is 36.9 Å². The molecule has 276 valence electrons. The lowest BCUT2D eigenvalue weighted by Gasteiger charge is -2.34. The van der Waals surface area contributed by atoms with Crippen LogP contribution in [0.1, 0.15) is 44.5 Å². The molecule has 6 aromatic carbocycles. The number of hydrogen-bond donors (Lipinski definition) is 0. The van der Waals surface area contributed by atoms with Crippen LogP contribution in [0.15, 0.2) is 142 Å². The Balaban J connectivity index is 1.37. The molecule has 0 bridgehead atoms. The van der Waals surface area contributed by atoms with Crippen molar-refractivity contribution in [2.24, 2.45) is 0 Å². The summed E-state index contributed by atoms with van der Waals surface area (Å²) < 4.78 is 27.5. The first kappa shape index (κ1) is 35.5. The molecule has 4 nitrogen and oxygen atoms in total. The monoisotopic (exact) mass is 896 g/mol. The molecule has 0 spiro atoms. The van der Waals surface area contributed by atoms with Gasteiger partial charge in [-0.2, -0.15) is 0 Å². The van der Waals surface area contributed by atoms with Gasteiger partial charge in [0, 0.05) is 29.8 Å². The Morgan fingerprint density at radius 1 is 0.393 bits per heavy atom. The molecule has 8 aromatic rings. The van der Waals surface area contributed by atoms with E-state index in [0.29, 0.717) is 0 Å². The molecule has 0 fully saturated rings. The average molecular weight is 899 g/mol. The highest BCUT2D eigenvalue weighted by Crippen LogP contribution is 2.68. The van der Waals surface area contributed by atoms with Crippen molar-refractivity contribution in [2.45, 2.75) is 10.8 Å². The summed E-state index contributed by atoms with van der Waals surface area (Å²) in [6.45, 7) is 0. The number of thiophene rings is 2. The van der Waals surface area contributed by atoms with Crippen LogP contribution in [0, 0.1) is 0 Å². The molecule has 56 heavy (non-hydrogen) atoms. The standard InChI is InChI=1S/C48H34Br2O4S2/c1-51-33-15-5-27(6-16-33)47(28-7-17-34(52-2)18-8-28)39-25-31(49)13-23-37(39)43-41(47)45-46(55-43)42-44(56-45)38-24-14-32(50)26-40(38)48(42,29-9-19-35(53-3)20-10-29)30-11-21-36(54-4)22-12-30/h5-26H,1-4H3. The van der Waals surface area contributed by atoms with Gasteiger partial charge in [-0.3, -0.25) is 0 Å². The number of halogens is 2. The first-order valence-electron chi connectivity index (χ1n) is 18.2. The minimum Gasteiger partial charge on any atom is -0.497 e. The van der Waals surface area contributed by atoms with Crippen LogP contribution >= 0.6 is 54.5 Å². The van der Waals surface area contributed by atoms with Gasteiger partial charge in [0.05, 0.1) is 48.7 Å². The maximum Gasteiger partial charge on any atom is 0.118 e. The van der Waals surface area contributed by atoms with Crippen molar-refractivity contribution in [3.05, 3.63) is 187 Å². The van der Waals surface area contributed by atoms with E-state index in [1.807, 2.05) is 22.7 Å². The number of rotatable bonds is 8. The van der Waals surface area contributed by atoms with Gasteiger partial charge < -0.3 is 18.9 Å². The van der Waals surface area contributed by atoms with Crippen molar-refractivity contribution in [1.29, 1.82) is 0 Å². The Labute approximate surface area is 350 Å². The zero-order chi connectivity index (χ0) is 38.3. The summed E-state index contributed by atoms with van der Waals surface area (Å²) in [6, 6.07) is 48.1. The smallest absolute Gasteiger partial charge is 0.118 e. The van der Waals surface area contributed by atoms with Gasteiger partial charge in [0.25, 0.3) is 0 Å². The van der Waals surface area contributed by atoms with Gasteiger partial charge in [0.2, 0.25) is 0 Å². The molecule has 0 atom stereocenters. The Morgan fingerprint density at radius 2 is 0.679 bits per heavy atom. The number of ether oxygens (including phenoxy) is 4. The fourth-order valence-corrected chi connectivity index (χ4v) is 13.1. The largest absolute Gasteiger partial charge is 0.497 e. The quantitative estimate of drug-likeness (QED) is 0.152. The van der Waals surface area contributed by atoms with Crippen LogP contribution in [0.4, 0.5) is 0 Å². The number of fused-ring (bicyclic) bond motifs is 9. The van der Waals surface area contributed by atoms with Crippen molar-refractivity contribution in [3.8, 4) is 43.9 Å². The zero-order valence-corrected chi connectivity index (χ0v) is 35.7. The van der Waals surface area contributed by atoms with Gasteiger partial charge in [-0.1, -0.05) is 92.5 Å². The molecule has 2 heterocycles. The van der Waals surface area contributed by atoms with E-state index in [1.54, 1.807) is 28.4 Å². The SMILES string of the molecule is COc1ccc(C2(c3ccc(OC)cc3)c3cc(Br)ccc3-c3sc4c5c(sc4c32)-c2ccc(Br)cc2C5(c2ccc(OC)cc2)c2ccc(OC)cc2)cc1. The van der Waals surface area contributed by atoms with Gasteiger partial charge >= 0.3 is 0 Å². The highest BCUT2D eigenvalue weighted by molar-refractivity contribution is 9.10. The molecular formula is C48H34Br2O4S2. The summed E-state index contributed by atoms with van der Waals surface area (Å²) in [4.78, 5) is 2.58. The van der Waals surface area contributed by atoms with Gasteiger partial charge in [-0.15, -0.1) is 22.7 Å². The van der Waals surface area contributed by atoms with E-state index in [9.17, 15) is 0 Å². The van der Waals surface area contributed by atoms with E-state index in [0.717, 1.165) is 31.9 Å². The zero-order valence-electron chi connectivity index (χ0n) is 30.9. The molecule has 2 aromatic heterocycles. The first-order valence-corrected chi connectivity index (χ1v) is 21.4. The third kappa shape index (κ3) is 4.86. The van der Waals surface area contributed by atoms with Crippen LogP contribution in [-0.4, -0.2) is 28.4 Å². The molecular weight excluding hydrogens is 864 g/mol. The minimum absolute atomic E-state index is 0.630. The van der Waals surface area contributed by atoms with E-state index in [4.69, 9.17) is 18.9 Å². The van der Waals surface area contributed by atoms with Crippen molar-refractivity contribution < 1.29 is 18.9 Å². The van der Waals surface area contributed by atoms with E-state index < -0.39 is 10.8 Å². The van der Waals surface area contributed by atoms with Crippen LogP contribution in [0.2, 0.25) is 0 Å². The van der Waals surface area contributed by atoms with E-state index >= 15 is 0 Å². The number of methoxy groups -OCH3 is 4. The normalized spacial score (nSPS) is 14.2. The number of benzene rings is 6. The third-order valence-corrected chi connectivity index (χ3v) is 15.2. The van der Waals surface area contributed by atoms with Gasteiger partial charge in [0.15, 0.2) is 0 Å². The second kappa shape index (κ2) is 13.4. The highest BCUT2D eigenvalue weighted by atomic mass is 79.9. The molecule has 0 saturated heterocycles. The Kier molecular flexibility index (Phi) is 8.49. The van der Waals surface area contributed by atoms with E-state index in [1.165, 1.54) is 74.8 Å². The van der Waals surface area contributed by atoms with E-state index in [2.05, 4.69) is 165 Å². The highest BCUT2D eigenvalue weighted by Gasteiger charge is 2.54. The number of hydrogen-bond acceptors (Lipinski definition) is 6. The minimum atomic E-state index is -0.630. The average Bonchev–Trinajstić information content (AvgIpc) is 3.95. The molecule has 0 N–H and O–H groups in total. The first-order chi connectivity index (χ1) is 27.4. The maximum atomic E-state index is 5.69.